The zero-order valence-electron chi connectivity index (χ0n) is 29.2. The van der Waals surface area contributed by atoms with Gasteiger partial charge in [0, 0.05) is 48.0 Å². The lowest BCUT2D eigenvalue weighted by Crippen LogP contribution is -2.21. The molecule has 262 valence electrons. The number of anilines is 7. The first kappa shape index (κ1) is 33.7. The summed E-state index contributed by atoms with van der Waals surface area (Å²) >= 11 is 3.75. The Balaban J connectivity index is 1.11. The fraction of sp³-hybridized carbons (Fsp3) is 0.0870. The summed E-state index contributed by atoms with van der Waals surface area (Å²) in [4.78, 5) is 23.8. The van der Waals surface area contributed by atoms with Crippen molar-refractivity contribution in [1.29, 1.82) is 5.26 Å². The quantitative estimate of drug-likeness (QED) is 0.131. The first-order valence-electron chi connectivity index (χ1n) is 17.9. The maximum absolute atomic E-state index is 11.5. The predicted molar refractivity (Wildman–Crippen MR) is 222 cm³/mol. The Kier molecular flexibility index (Phi) is 8.95. The van der Waals surface area contributed by atoms with Crippen LogP contribution in [0.4, 0.5) is 39.8 Å². The van der Waals surface area contributed by atoms with Gasteiger partial charge in [-0.25, -0.2) is 4.79 Å². The van der Waals surface area contributed by atoms with E-state index < -0.39 is 5.97 Å². The van der Waals surface area contributed by atoms with Gasteiger partial charge < -0.3 is 19.8 Å². The number of benzene rings is 5. The third-order valence-corrected chi connectivity index (χ3v) is 12.4. The van der Waals surface area contributed by atoms with E-state index in [-0.39, 0.29) is 5.57 Å². The third-order valence-electron chi connectivity index (χ3n) is 9.90. The average Bonchev–Trinajstić information content (AvgIpc) is 3.22. The summed E-state index contributed by atoms with van der Waals surface area (Å²) in [6.45, 7) is 0. The number of rotatable bonds is 7. The maximum atomic E-state index is 11.5. The van der Waals surface area contributed by atoms with Crippen LogP contribution in [0.1, 0.15) is 31.2 Å². The Morgan fingerprint density at radius 1 is 0.648 bits per heavy atom. The monoisotopic (exact) mass is 738 g/mol. The van der Waals surface area contributed by atoms with E-state index in [1.807, 2.05) is 47.8 Å². The Bertz CT molecular complexity index is 2360. The van der Waals surface area contributed by atoms with Crippen molar-refractivity contribution >= 4 is 75.4 Å². The highest BCUT2D eigenvalue weighted by Crippen LogP contribution is 2.51. The summed E-state index contributed by atoms with van der Waals surface area (Å²) in [7, 11) is 0. The van der Waals surface area contributed by atoms with Crippen LogP contribution in [0.15, 0.2) is 182 Å². The van der Waals surface area contributed by atoms with Crippen molar-refractivity contribution in [1.82, 2.24) is 0 Å². The molecule has 2 aliphatic heterocycles. The molecule has 0 radical (unpaired) electrons. The topological polar surface area (TPSA) is 70.8 Å². The highest BCUT2D eigenvalue weighted by Gasteiger charge is 2.29. The van der Waals surface area contributed by atoms with Gasteiger partial charge >= 0.3 is 5.97 Å². The van der Waals surface area contributed by atoms with E-state index in [1.54, 1.807) is 6.07 Å². The van der Waals surface area contributed by atoms with E-state index in [4.69, 9.17) is 0 Å². The van der Waals surface area contributed by atoms with Gasteiger partial charge in [0.2, 0.25) is 0 Å². The molecule has 9 rings (SSSR count). The summed E-state index contributed by atoms with van der Waals surface area (Å²) in [5, 5.41) is 18.8. The molecule has 54 heavy (non-hydrogen) atoms. The van der Waals surface area contributed by atoms with E-state index in [2.05, 4.69) is 136 Å². The molecule has 0 saturated heterocycles. The van der Waals surface area contributed by atoms with Gasteiger partial charge in [0.25, 0.3) is 0 Å². The molecular weight excluding hydrogens is 705 g/mol. The first-order valence-corrected chi connectivity index (χ1v) is 19.6. The summed E-state index contributed by atoms with van der Waals surface area (Å²) in [5.74, 6) is -1.24. The summed E-state index contributed by atoms with van der Waals surface area (Å²) < 4.78 is 0. The number of fused-ring (bicyclic) bond motifs is 2. The molecule has 0 spiro atoms. The van der Waals surface area contributed by atoms with Gasteiger partial charge in [-0.3, -0.25) is 0 Å². The van der Waals surface area contributed by atoms with E-state index in [0.717, 1.165) is 54.1 Å². The standard InChI is InChI=1S/C46H34N4O2S2/c47-30-32(46(51)52)29-31-17-19-33(20-18-31)48(34-21-25-36(26-22-34)49-38-9-1-5-13-42(38)53-43-14-6-2-10-39(43)49)35-23-27-37(28-24-35)50-40-11-3-7-15-44(40)54-45-16-8-4-12-41(45)50/h1-5,7,9-13,15,17-29H,6,8,14,16H2,(H,51,52)/b32-29+. The molecule has 4 aliphatic rings. The molecule has 6 nitrogen and oxygen atoms in total. The van der Waals surface area contributed by atoms with E-state index in [1.165, 1.54) is 48.4 Å². The number of carboxylic acid groups (broad SMARTS) is 1. The number of para-hydroxylation sites is 2. The highest BCUT2D eigenvalue weighted by atomic mass is 32.2. The SMILES string of the molecule is N#C/C(=C\c1ccc(N(c2ccc(N3C4=C(CCC=C4)Sc4ccccc43)cc2)c2ccc(N3C4=C(CCC=C4)Sc4ccccc43)cc2)cc1)C(=O)O. The normalized spacial score (nSPS) is 15.9. The molecule has 0 atom stereocenters. The highest BCUT2D eigenvalue weighted by molar-refractivity contribution is 8.03. The van der Waals surface area contributed by atoms with Crippen molar-refractivity contribution < 1.29 is 9.90 Å². The van der Waals surface area contributed by atoms with Crippen molar-refractivity contribution in [3.8, 4) is 6.07 Å². The molecule has 5 aromatic carbocycles. The largest absolute Gasteiger partial charge is 0.477 e. The van der Waals surface area contributed by atoms with Crippen molar-refractivity contribution in [2.24, 2.45) is 0 Å². The molecule has 8 heteroatoms. The number of hydrogen-bond acceptors (Lipinski definition) is 7. The molecule has 5 aromatic rings. The van der Waals surface area contributed by atoms with Gasteiger partial charge in [0.15, 0.2) is 0 Å². The minimum atomic E-state index is -1.24. The maximum Gasteiger partial charge on any atom is 0.346 e. The van der Waals surface area contributed by atoms with Gasteiger partial charge in [0.1, 0.15) is 11.6 Å². The van der Waals surface area contributed by atoms with Crippen molar-refractivity contribution in [2.45, 2.75) is 35.5 Å². The van der Waals surface area contributed by atoms with Crippen LogP contribution in [-0.2, 0) is 4.79 Å². The van der Waals surface area contributed by atoms with Crippen LogP contribution in [0.3, 0.4) is 0 Å². The number of carbonyl (C=O) groups is 1. The van der Waals surface area contributed by atoms with Gasteiger partial charge in [-0.1, -0.05) is 72.1 Å². The Hall–Kier alpha value is -6.14. The molecule has 0 amide bonds. The lowest BCUT2D eigenvalue weighted by molar-refractivity contribution is -0.132. The van der Waals surface area contributed by atoms with E-state index in [0.29, 0.717) is 5.56 Å². The molecule has 1 N–H and O–H groups in total. The van der Waals surface area contributed by atoms with Crippen LogP contribution < -0.4 is 14.7 Å². The number of aliphatic carboxylic acids is 1. The minimum absolute atomic E-state index is 0.307. The molecule has 2 heterocycles. The summed E-state index contributed by atoms with van der Waals surface area (Å²) in [6.07, 6.45) is 14.6. The van der Waals surface area contributed by atoms with Gasteiger partial charge in [-0.2, -0.15) is 5.26 Å². The fourth-order valence-corrected chi connectivity index (χ4v) is 9.70. The van der Waals surface area contributed by atoms with Crippen LogP contribution in [0, 0.1) is 11.3 Å². The molecule has 0 unspecified atom stereocenters. The smallest absolute Gasteiger partial charge is 0.346 e. The zero-order valence-corrected chi connectivity index (χ0v) is 30.9. The second-order valence-electron chi connectivity index (χ2n) is 13.2. The van der Waals surface area contributed by atoms with Crippen LogP contribution in [-0.4, -0.2) is 11.1 Å². The predicted octanol–water partition coefficient (Wildman–Crippen LogP) is 12.8. The number of nitrogens with zero attached hydrogens (tertiary/aromatic N) is 4. The number of nitriles is 1. The van der Waals surface area contributed by atoms with Gasteiger partial charge in [-0.05, 0) is 134 Å². The first-order chi connectivity index (χ1) is 26.6. The Labute approximate surface area is 323 Å². The zero-order chi connectivity index (χ0) is 36.6. The Morgan fingerprint density at radius 3 is 1.54 bits per heavy atom. The number of allylic oxidation sites excluding steroid dienone is 6. The van der Waals surface area contributed by atoms with Crippen LogP contribution >= 0.6 is 23.5 Å². The third kappa shape index (κ3) is 6.21. The fourth-order valence-electron chi connectivity index (χ4n) is 7.38. The number of carboxylic acids is 1. The van der Waals surface area contributed by atoms with Crippen molar-refractivity contribution in [3.63, 3.8) is 0 Å². The van der Waals surface area contributed by atoms with Gasteiger partial charge in [0.05, 0.1) is 22.8 Å². The lowest BCUT2D eigenvalue weighted by atomic mass is 10.1. The number of thioether (sulfide) groups is 2. The van der Waals surface area contributed by atoms with Crippen molar-refractivity contribution in [3.05, 3.63) is 178 Å². The number of hydrogen-bond donors (Lipinski definition) is 1. The van der Waals surface area contributed by atoms with E-state index in [9.17, 15) is 15.2 Å². The summed E-state index contributed by atoms with van der Waals surface area (Å²) in [5.41, 5.74) is 10.2. The van der Waals surface area contributed by atoms with E-state index >= 15 is 0 Å². The molecule has 0 fully saturated rings. The van der Waals surface area contributed by atoms with Crippen LogP contribution in [0.2, 0.25) is 0 Å². The average molecular weight is 739 g/mol. The molecule has 0 saturated carbocycles. The minimum Gasteiger partial charge on any atom is -0.477 e. The molecular formula is C46H34N4O2S2. The molecule has 2 aliphatic carbocycles. The van der Waals surface area contributed by atoms with Crippen LogP contribution in [0.5, 0.6) is 0 Å². The lowest BCUT2D eigenvalue weighted by Gasteiger charge is -2.36. The van der Waals surface area contributed by atoms with Crippen molar-refractivity contribution in [2.75, 3.05) is 14.7 Å². The molecule has 0 aromatic heterocycles. The summed E-state index contributed by atoms with van der Waals surface area (Å²) in [6, 6.07) is 44.0. The van der Waals surface area contributed by atoms with Gasteiger partial charge in [-0.15, -0.1) is 0 Å². The van der Waals surface area contributed by atoms with Crippen LogP contribution in [0.25, 0.3) is 6.08 Å². The second-order valence-corrected chi connectivity index (χ2v) is 15.5. The Morgan fingerprint density at radius 2 is 1.09 bits per heavy atom. The second kappa shape index (κ2) is 14.4. The molecule has 0 bridgehead atoms.